The number of carbonyl (C=O) groups excluding carboxylic acids is 1. The largest absolute Gasteiger partial charge is 0.472 e. The van der Waals surface area contributed by atoms with Crippen LogP contribution in [0.25, 0.3) is 55.8 Å². The van der Waals surface area contributed by atoms with Gasteiger partial charge in [0.25, 0.3) is 0 Å². The minimum Gasteiger partial charge on any atom is -0.472 e. The summed E-state index contributed by atoms with van der Waals surface area (Å²) in [5.74, 6) is -0.205. The van der Waals surface area contributed by atoms with Crippen molar-refractivity contribution in [2.45, 2.75) is 33.1 Å². The first-order valence-electron chi connectivity index (χ1n) is 12.7. The molecule has 5 aromatic heterocycles. The van der Waals surface area contributed by atoms with Crippen molar-refractivity contribution in [1.82, 2.24) is 29.7 Å². The van der Waals surface area contributed by atoms with Crippen molar-refractivity contribution in [3.8, 4) is 33.9 Å². The molecule has 1 amide bonds. The molecule has 0 saturated carbocycles. The van der Waals surface area contributed by atoms with E-state index in [-0.39, 0.29) is 11.6 Å². The maximum absolute atomic E-state index is 16.2. The molecular weight excluding hydrogens is 497 g/mol. The first-order chi connectivity index (χ1) is 18.9. The molecule has 0 unspecified atom stereocenters. The summed E-state index contributed by atoms with van der Waals surface area (Å²) in [7, 11) is 1.74. The third-order valence-corrected chi connectivity index (χ3v) is 6.79. The Kier molecular flexibility index (Phi) is 6.14. The van der Waals surface area contributed by atoms with Crippen LogP contribution in [-0.4, -0.2) is 35.6 Å². The van der Waals surface area contributed by atoms with Gasteiger partial charge in [-0.05, 0) is 31.0 Å². The van der Waals surface area contributed by atoms with Crippen LogP contribution in [0.2, 0.25) is 0 Å². The molecule has 2 N–H and O–H groups in total. The predicted molar refractivity (Wildman–Crippen MR) is 147 cm³/mol. The van der Waals surface area contributed by atoms with E-state index in [1.54, 1.807) is 36.5 Å². The number of hydrogen-bond acceptors (Lipinski definition) is 6. The SMILES string of the molecule is CCCCC(=O)Nc1cncc(-c2ncc3c(c(-c4nc5c(C)ccc(-c6ccoc6)c5[nH]4)nn3C)c2F)c1. The molecule has 6 rings (SSSR count). The first kappa shape index (κ1) is 24.5. The zero-order valence-electron chi connectivity index (χ0n) is 21.7. The third-order valence-electron chi connectivity index (χ3n) is 6.79. The number of pyridine rings is 2. The van der Waals surface area contributed by atoms with Crippen molar-refractivity contribution < 1.29 is 13.6 Å². The number of nitrogens with zero attached hydrogens (tertiary/aromatic N) is 5. The zero-order chi connectivity index (χ0) is 27.1. The summed E-state index contributed by atoms with van der Waals surface area (Å²) in [6.07, 6.45) is 10.1. The number of fused-ring (bicyclic) bond motifs is 2. The Labute approximate surface area is 223 Å². The van der Waals surface area contributed by atoms with Gasteiger partial charge in [0.2, 0.25) is 5.91 Å². The van der Waals surface area contributed by atoms with Crippen LogP contribution >= 0.6 is 0 Å². The molecule has 0 bridgehead atoms. The van der Waals surface area contributed by atoms with E-state index in [2.05, 4.69) is 25.4 Å². The van der Waals surface area contributed by atoms with Crippen molar-refractivity contribution >= 4 is 33.5 Å². The van der Waals surface area contributed by atoms with Gasteiger partial charge in [-0.3, -0.25) is 19.4 Å². The Morgan fingerprint density at radius 1 is 1.15 bits per heavy atom. The van der Waals surface area contributed by atoms with Crippen LogP contribution in [0.5, 0.6) is 0 Å². The van der Waals surface area contributed by atoms with Crippen LogP contribution in [0, 0.1) is 12.7 Å². The molecule has 0 fully saturated rings. The summed E-state index contributed by atoms with van der Waals surface area (Å²) in [4.78, 5) is 29.0. The van der Waals surface area contributed by atoms with E-state index in [1.807, 2.05) is 32.0 Å². The minimum absolute atomic E-state index is 0.107. The average Bonchev–Trinajstić information content (AvgIpc) is 3.68. The molecule has 0 aliphatic carbocycles. The van der Waals surface area contributed by atoms with Gasteiger partial charge in [0.1, 0.15) is 11.4 Å². The number of aromatic nitrogens is 6. The third kappa shape index (κ3) is 4.33. The number of furan rings is 1. The van der Waals surface area contributed by atoms with E-state index in [0.717, 1.165) is 40.6 Å². The van der Waals surface area contributed by atoms with Crippen molar-refractivity contribution in [3.05, 3.63) is 66.8 Å². The Morgan fingerprint density at radius 3 is 2.82 bits per heavy atom. The zero-order valence-corrected chi connectivity index (χ0v) is 21.7. The molecule has 0 aliphatic heterocycles. The van der Waals surface area contributed by atoms with E-state index in [4.69, 9.17) is 9.40 Å². The summed E-state index contributed by atoms with van der Waals surface area (Å²) >= 11 is 0. The standard InChI is InChI=1S/C29H26FN7O2/c1-4-5-6-22(38)33-19-11-18(12-31-13-19)26-24(30)23-21(14-32-26)37(3)36-28(23)29-34-25-16(2)7-8-20(27(25)35-29)17-9-10-39-15-17/h7-15H,4-6H2,1-3H3,(H,33,38)(H,34,35). The highest BCUT2D eigenvalue weighted by molar-refractivity contribution is 5.99. The van der Waals surface area contributed by atoms with Crippen molar-refractivity contribution in [1.29, 1.82) is 0 Å². The van der Waals surface area contributed by atoms with Gasteiger partial charge in [-0.2, -0.15) is 5.10 Å². The molecule has 196 valence electrons. The number of hydrogen-bond donors (Lipinski definition) is 2. The summed E-state index contributed by atoms with van der Waals surface area (Å²) in [6.45, 7) is 4.00. The lowest BCUT2D eigenvalue weighted by Crippen LogP contribution is -2.11. The highest BCUT2D eigenvalue weighted by Gasteiger charge is 2.23. The number of unbranched alkanes of at least 4 members (excludes halogenated alkanes) is 1. The van der Waals surface area contributed by atoms with Crippen LogP contribution in [-0.2, 0) is 11.8 Å². The van der Waals surface area contributed by atoms with Crippen LogP contribution in [0.1, 0.15) is 31.7 Å². The maximum Gasteiger partial charge on any atom is 0.224 e. The highest BCUT2D eigenvalue weighted by Crippen LogP contribution is 2.36. The molecule has 1 aromatic carbocycles. The second-order valence-corrected chi connectivity index (χ2v) is 9.52. The Hall–Kier alpha value is -4.86. The molecule has 5 heterocycles. The van der Waals surface area contributed by atoms with Gasteiger partial charge >= 0.3 is 0 Å². The molecule has 9 nitrogen and oxygen atoms in total. The van der Waals surface area contributed by atoms with Gasteiger partial charge in [0.15, 0.2) is 11.6 Å². The summed E-state index contributed by atoms with van der Waals surface area (Å²) < 4.78 is 23.1. The molecule has 39 heavy (non-hydrogen) atoms. The number of benzene rings is 1. The smallest absolute Gasteiger partial charge is 0.224 e. The second-order valence-electron chi connectivity index (χ2n) is 9.52. The molecule has 6 aromatic rings. The van der Waals surface area contributed by atoms with Crippen molar-refractivity contribution in [2.75, 3.05) is 5.32 Å². The highest BCUT2D eigenvalue weighted by atomic mass is 19.1. The predicted octanol–water partition coefficient (Wildman–Crippen LogP) is 6.41. The molecule has 10 heteroatoms. The number of imidazole rings is 1. The topological polar surface area (TPSA) is 115 Å². The molecule has 0 atom stereocenters. The van der Waals surface area contributed by atoms with E-state index in [1.165, 1.54) is 12.4 Å². The number of halogens is 1. The molecule has 0 radical (unpaired) electrons. The maximum atomic E-state index is 16.2. The van der Waals surface area contributed by atoms with E-state index in [9.17, 15) is 4.79 Å². The van der Waals surface area contributed by atoms with Gasteiger partial charge in [0.05, 0.1) is 52.5 Å². The Balaban J connectivity index is 1.46. The number of aryl methyl sites for hydroxylation is 2. The average molecular weight is 524 g/mol. The fourth-order valence-electron chi connectivity index (χ4n) is 4.76. The number of amides is 1. The number of H-pyrrole nitrogens is 1. The minimum atomic E-state index is -0.543. The summed E-state index contributed by atoms with van der Waals surface area (Å²) in [6, 6.07) is 7.55. The van der Waals surface area contributed by atoms with E-state index < -0.39 is 5.82 Å². The summed E-state index contributed by atoms with van der Waals surface area (Å²) in [5.41, 5.74) is 6.34. The van der Waals surface area contributed by atoms with Crippen LogP contribution in [0.3, 0.4) is 0 Å². The van der Waals surface area contributed by atoms with Gasteiger partial charge in [-0.25, -0.2) is 9.37 Å². The Bertz CT molecular complexity index is 1840. The van der Waals surface area contributed by atoms with Crippen LogP contribution < -0.4 is 5.32 Å². The van der Waals surface area contributed by atoms with Gasteiger partial charge in [-0.15, -0.1) is 0 Å². The van der Waals surface area contributed by atoms with Crippen LogP contribution in [0.15, 0.2) is 59.8 Å². The quantitative estimate of drug-likeness (QED) is 0.250. The molecule has 0 spiro atoms. The number of anilines is 1. The number of nitrogens with one attached hydrogen (secondary N) is 2. The fraction of sp³-hybridized carbons (Fsp3) is 0.207. The monoisotopic (exact) mass is 523 g/mol. The lowest BCUT2D eigenvalue weighted by Gasteiger charge is -2.08. The Morgan fingerprint density at radius 2 is 2.03 bits per heavy atom. The van der Waals surface area contributed by atoms with E-state index in [0.29, 0.717) is 40.1 Å². The first-order valence-corrected chi connectivity index (χ1v) is 12.7. The number of rotatable bonds is 7. The van der Waals surface area contributed by atoms with Crippen molar-refractivity contribution in [2.24, 2.45) is 7.05 Å². The normalized spacial score (nSPS) is 11.5. The molecule has 0 saturated heterocycles. The molecular formula is C29H26FN7O2. The number of aromatic amines is 1. The van der Waals surface area contributed by atoms with E-state index >= 15 is 4.39 Å². The fourth-order valence-corrected chi connectivity index (χ4v) is 4.76. The van der Waals surface area contributed by atoms with Gasteiger partial charge < -0.3 is 14.7 Å². The summed E-state index contributed by atoms with van der Waals surface area (Å²) in [5, 5.41) is 7.74. The molecule has 0 aliphatic rings. The second kappa shape index (κ2) is 9.79. The number of carbonyl (C=O) groups is 1. The van der Waals surface area contributed by atoms with Crippen LogP contribution in [0.4, 0.5) is 10.1 Å². The lowest BCUT2D eigenvalue weighted by molar-refractivity contribution is -0.116. The van der Waals surface area contributed by atoms with Crippen molar-refractivity contribution in [3.63, 3.8) is 0 Å². The lowest BCUT2D eigenvalue weighted by atomic mass is 10.0. The van der Waals surface area contributed by atoms with Gasteiger partial charge in [0, 0.05) is 36.4 Å². The van der Waals surface area contributed by atoms with Gasteiger partial charge in [-0.1, -0.05) is 25.5 Å².